The predicted octanol–water partition coefficient (Wildman–Crippen LogP) is 8.86. The molecule has 0 N–H and O–H groups in total. The second-order valence-electron chi connectivity index (χ2n) is 9.81. The van der Waals surface area contributed by atoms with Gasteiger partial charge in [-0.25, -0.2) is 0 Å². The molecule has 3 aromatic rings. The molecule has 0 amide bonds. The highest BCUT2D eigenvalue weighted by Gasteiger charge is 2.08. The minimum atomic E-state index is -1.15. The van der Waals surface area contributed by atoms with Crippen LogP contribution in [0.1, 0.15) is 11.1 Å². The van der Waals surface area contributed by atoms with Gasteiger partial charge in [0.1, 0.15) is 0 Å². The average molecular weight is 433 g/mol. The van der Waals surface area contributed by atoms with Crippen molar-refractivity contribution in [2.75, 3.05) is 0 Å². The van der Waals surface area contributed by atoms with Crippen molar-refractivity contribution < 1.29 is 0 Å². The Kier molecular flexibility index (Phi) is 6.62. The van der Waals surface area contributed by atoms with Crippen LogP contribution in [-0.2, 0) is 0 Å². The van der Waals surface area contributed by atoms with E-state index >= 15 is 0 Å². The van der Waals surface area contributed by atoms with Crippen LogP contribution in [0.5, 0.6) is 0 Å². The highest BCUT2D eigenvalue weighted by Crippen LogP contribution is 2.34. The molecular formula is C26H32SSi2. The molecule has 0 radical (unpaired) electrons. The first-order valence-corrected chi connectivity index (χ1v) is 18.3. The first-order chi connectivity index (χ1) is 13.6. The van der Waals surface area contributed by atoms with E-state index in [1.165, 1.54) is 32.0 Å². The molecule has 0 saturated carbocycles. The van der Waals surface area contributed by atoms with Crippen molar-refractivity contribution in [1.29, 1.82) is 0 Å². The van der Waals surface area contributed by atoms with Gasteiger partial charge < -0.3 is 0 Å². The van der Waals surface area contributed by atoms with E-state index < -0.39 is 16.1 Å². The topological polar surface area (TPSA) is 0 Å². The van der Waals surface area contributed by atoms with Crippen LogP contribution >= 0.6 is 11.3 Å². The Labute approximate surface area is 182 Å². The summed E-state index contributed by atoms with van der Waals surface area (Å²) in [7, 11) is -2.30. The normalized spacial score (nSPS) is 12.9. The molecular weight excluding hydrogens is 401 g/mol. The molecule has 0 saturated heterocycles. The monoisotopic (exact) mass is 432 g/mol. The van der Waals surface area contributed by atoms with Gasteiger partial charge in [0.25, 0.3) is 0 Å². The van der Waals surface area contributed by atoms with Crippen LogP contribution in [0.4, 0.5) is 0 Å². The van der Waals surface area contributed by atoms with Gasteiger partial charge in [-0.1, -0.05) is 111 Å². The molecule has 0 aliphatic rings. The summed E-state index contributed by atoms with van der Waals surface area (Å²) in [6.07, 6.45) is 4.54. The molecule has 3 heteroatoms. The van der Waals surface area contributed by atoms with E-state index in [0.717, 1.165) is 0 Å². The molecule has 0 spiro atoms. The van der Waals surface area contributed by atoms with Crippen LogP contribution in [0.3, 0.4) is 0 Å². The maximum Gasteiger partial charge on any atom is 0.0687 e. The maximum atomic E-state index is 2.40. The van der Waals surface area contributed by atoms with Crippen molar-refractivity contribution in [3.63, 3.8) is 0 Å². The zero-order valence-electron chi connectivity index (χ0n) is 18.5. The van der Waals surface area contributed by atoms with Crippen molar-refractivity contribution in [2.45, 2.75) is 39.3 Å². The molecule has 0 aliphatic heterocycles. The van der Waals surface area contributed by atoms with Gasteiger partial charge >= 0.3 is 0 Å². The molecule has 0 atom stereocenters. The molecule has 0 bridgehead atoms. The van der Waals surface area contributed by atoms with Crippen molar-refractivity contribution >= 4 is 39.6 Å². The van der Waals surface area contributed by atoms with Gasteiger partial charge in [0.2, 0.25) is 0 Å². The predicted molar refractivity (Wildman–Crippen MR) is 140 cm³/mol. The molecule has 3 rings (SSSR count). The molecule has 0 fully saturated rings. The molecule has 0 aliphatic carbocycles. The second-order valence-corrected chi connectivity index (χ2v) is 21.0. The Morgan fingerprint density at radius 3 is 1.17 bits per heavy atom. The lowest BCUT2D eigenvalue weighted by Gasteiger charge is -2.08. The van der Waals surface area contributed by atoms with Gasteiger partial charge in [0.05, 0.1) is 16.1 Å². The summed E-state index contributed by atoms with van der Waals surface area (Å²) in [6.45, 7) is 14.2. The summed E-state index contributed by atoms with van der Waals surface area (Å²) in [6, 6.07) is 22.4. The van der Waals surface area contributed by atoms with E-state index in [2.05, 4.69) is 123 Å². The van der Waals surface area contributed by atoms with Gasteiger partial charge in [-0.2, -0.15) is 0 Å². The zero-order valence-corrected chi connectivity index (χ0v) is 21.3. The van der Waals surface area contributed by atoms with E-state index in [1.807, 2.05) is 11.3 Å². The van der Waals surface area contributed by atoms with Crippen LogP contribution in [0.15, 0.2) is 72.1 Å². The lowest BCUT2D eigenvalue weighted by atomic mass is 10.1. The van der Waals surface area contributed by atoms with Crippen LogP contribution in [0, 0.1) is 0 Å². The van der Waals surface area contributed by atoms with E-state index in [4.69, 9.17) is 0 Å². The third-order valence-electron chi connectivity index (χ3n) is 4.55. The standard InChI is InChI=1S/C26H32SSi2/c1-28(2,3)19-17-21-7-11-23(12-8-21)25-15-16-26(27-25)24-13-9-22(10-14-24)18-20-29(4,5)6/h7-20H,1-6H3/b19-17+,20-18+. The SMILES string of the molecule is C[Si](C)(C)/C=C/c1ccc(-c2ccc(-c3ccc(/C=C/[Si](C)(C)C)cc3)s2)cc1. The quantitative estimate of drug-likeness (QED) is 0.341. The molecule has 29 heavy (non-hydrogen) atoms. The molecule has 150 valence electrons. The molecule has 2 aromatic carbocycles. The van der Waals surface area contributed by atoms with Crippen LogP contribution in [-0.4, -0.2) is 16.1 Å². The molecule has 1 heterocycles. The summed E-state index contributed by atoms with van der Waals surface area (Å²) >= 11 is 1.86. The van der Waals surface area contributed by atoms with Crippen LogP contribution in [0.2, 0.25) is 39.3 Å². The lowest BCUT2D eigenvalue weighted by Crippen LogP contribution is -2.15. The summed E-state index contributed by atoms with van der Waals surface area (Å²) in [5, 5.41) is 0. The van der Waals surface area contributed by atoms with Crippen molar-refractivity contribution in [3.8, 4) is 20.9 Å². The largest absolute Gasteiger partial charge is 0.135 e. The van der Waals surface area contributed by atoms with Crippen molar-refractivity contribution in [3.05, 3.63) is 83.2 Å². The molecule has 1 aromatic heterocycles. The molecule has 0 nitrogen and oxygen atoms in total. The minimum absolute atomic E-state index is 1.15. The zero-order chi connectivity index (χ0) is 21.1. The fourth-order valence-corrected chi connectivity index (χ4v) is 5.26. The highest BCUT2D eigenvalue weighted by atomic mass is 32.1. The summed E-state index contributed by atoms with van der Waals surface area (Å²) in [5.74, 6) is 0. The minimum Gasteiger partial charge on any atom is -0.135 e. The number of benzene rings is 2. The Morgan fingerprint density at radius 2 is 0.862 bits per heavy atom. The van der Waals surface area contributed by atoms with Gasteiger partial charge in [0, 0.05) is 9.75 Å². The Hall–Kier alpha value is -1.95. The fourth-order valence-electron chi connectivity index (χ4n) is 2.86. The smallest absolute Gasteiger partial charge is 0.0687 e. The van der Waals surface area contributed by atoms with Gasteiger partial charge in [-0.15, -0.1) is 11.3 Å². The Balaban J connectivity index is 1.74. The van der Waals surface area contributed by atoms with E-state index in [-0.39, 0.29) is 0 Å². The Bertz CT molecular complexity index is 911. The maximum absolute atomic E-state index is 2.40. The third kappa shape index (κ3) is 6.81. The van der Waals surface area contributed by atoms with Gasteiger partial charge in [-0.05, 0) is 34.4 Å². The fraction of sp³-hybridized carbons (Fsp3) is 0.231. The van der Waals surface area contributed by atoms with Crippen molar-refractivity contribution in [2.24, 2.45) is 0 Å². The summed E-state index contributed by atoms with van der Waals surface area (Å²) in [5.41, 5.74) is 9.95. The number of hydrogen-bond acceptors (Lipinski definition) is 1. The first kappa shape index (κ1) is 21.8. The van der Waals surface area contributed by atoms with E-state index in [9.17, 15) is 0 Å². The number of thiophene rings is 1. The van der Waals surface area contributed by atoms with Crippen molar-refractivity contribution in [1.82, 2.24) is 0 Å². The number of hydrogen-bond donors (Lipinski definition) is 0. The van der Waals surface area contributed by atoms with E-state index in [1.54, 1.807) is 0 Å². The van der Waals surface area contributed by atoms with Gasteiger partial charge in [0.15, 0.2) is 0 Å². The first-order valence-electron chi connectivity index (χ1n) is 10.3. The van der Waals surface area contributed by atoms with E-state index in [0.29, 0.717) is 0 Å². The third-order valence-corrected chi connectivity index (χ3v) is 8.06. The van der Waals surface area contributed by atoms with Gasteiger partial charge in [-0.3, -0.25) is 0 Å². The van der Waals surface area contributed by atoms with Crippen LogP contribution in [0.25, 0.3) is 33.0 Å². The lowest BCUT2D eigenvalue weighted by molar-refractivity contribution is 1.64. The summed E-state index contributed by atoms with van der Waals surface area (Å²) in [4.78, 5) is 2.65. The molecule has 0 unspecified atom stereocenters. The highest BCUT2D eigenvalue weighted by molar-refractivity contribution is 7.18. The van der Waals surface area contributed by atoms with Crippen LogP contribution < -0.4 is 0 Å². The second kappa shape index (κ2) is 8.82. The Morgan fingerprint density at radius 1 is 0.517 bits per heavy atom. The number of rotatable bonds is 6. The summed E-state index contributed by atoms with van der Waals surface area (Å²) < 4.78 is 0. The average Bonchev–Trinajstić information content (AvgIpc) is 3.14.